The molecule has 1 atom stereocenters. The van der Waals surface area contributed by atoms with Crippen LogP contribution in [0.2, 0.25) is 0 Å². The molecule has 1 aromatic carbocycles. The summed E-state index contributed by atoms with van der Waals surface area (Å²) < 4.78 is 0. The second kappa shape index (κ2) is 5.58. The topological polar surface area (TPSA) is 42.1 Å². The number of rotatable bonds is 3. The summed E-state index contributed by atoms with van der Waals surface area (Å²) in [6.45, 7) is 0. The van der Waals surface area contributed by atoms with Crippen molar-refractivity contribution in [2.75, 3.05) is 23.5 Å². The molecule has 1 unspecified atom stereocenters. The summed E-state index contributed by atoms with van der Waals surface area (Å²) in [5, 5.41) is 1.12. The van der Waals surface area contributed by atoms with Crippen molar-refractivity contribution < 1.29 is 0 Å². The van der Waals surface area contributed by atoms with Gasteiger partial charge in [0.1, 0.15) is 4.99 Å². The van der Waals surface area contributed by atoms with Crippen molar-refractivity contribution in [3.8, 4) is 0 Å². The van der Waals surface area contributed by atoms with Crippen LogP contribution in [-0.2, 0) is 0 Å². The Labute approximate surface area is 128 Å². The van der Waals surface area contributed by atoms with E-state index in [0.717, 1.165) is 27.9 Å². The molecule has 104 valence electrons. The first-order valence-electron chi connectivity index (χ1n) is 6.66. The smallest absolute Gasteiger partial charge is 0.107 e. The van der Waals surface area contributed by atoms with Crippen LogP contribution in [0.3, 0.4) is 0 Å². The van der Waals surface area contributed by atoms with Gasteiger partial charge in [0.05, 0.1) is 16.8 Å². The molecule has 0 saturated carbocycles. The number of para-hydroxylation sites is 1. The maximum absolute atomic E-state index is 5.90. The van der Waals surface area contributed by atoms with Crippen LogP contribution in [0.1, 0.15) is 12.0 Å². The van der Waals surface area contributed by atoms with Crippen molar-refractivity contribution in [2.45, 2.75) is 12.5 Å². The monoisotopic (exact) mass is 303 g/mol. The van der Waals surface area contributed by atoms with E-state index in [1.807, 2.05) is 30.0 Å². The van der Waals surface area contributed by atoms with Gasteiger partial charge < -0.3 is 10.6 Å². The molecule has 0 amide bonds. The average molecular weight is 303 g/mol. The van der Waals surface area contributed by atoms with Crippen LogP contribution in [-0.4, -0.2) is 34.6 Å². The Morgan fingerprint density at radius 2 is 2.25 bits per heavy atom. The van der Waals surface area contributed by atoms with Gasteiger partial charge >= 0.3 is 0 Å². The molecule has 0 radical (unpaired) electrons. The number of hydrogen-bond donors (Lipinski definition) is 1. The van der Waals surface area contributed by atoms with E-state index in [4.69, 9.17) is 18.0 Å². The Balaban J connectivity index is 2.18. The van der Waals surface area contributed by atoms with Gasteiger partial charge in [0, 0.05) is 30.4 Å². The summed E-state index contributed by atoms with van der Waals surface area (Å²) in [6, 6.07) is 8.70. The number of fused-ring (bicyclic) bond motifs is 1. The second-order valence-corrected chi connectivity index (χ2v) is 6.62. The lowest BCUT2D eigenvalue weighted by atomic mass is 10.1. The Bertz CT molecular complexity index is 651. The lowest BCUT2D eigenvalue weighted by Crippen LogP contribution is -2.33. The van der Waals surface area contributed by atoms with E-state index in [1.54, 1.807) is 6.20 Å². The van der Waals surface area contributed by atoms with Crippen LogP contribution in [0.5, 0.6) is 0 Å². The molecule has 2 aromatic rings. The molecular weight excluding hydrogens is 286 g/mol. The zero-order valence-electron chi connectivity index (χ0n) is 11.4. The minimum Gasteiger partial charge on any atom is -0.389 e. The summed E-state index contributed by atoms with van der Waals surface area (Å²) in [5.41, 5.74) is 8.88. The third kappa shape index (κ3) is 2.36. The predicted octanol–water partition coefficient (Wildman–Crippen LogP) is 2.81. The highest BCUT2D eigenvalue weighted by molar-refractivity contribution is 7.99. The molecule has 0 spiro atoms. The predicted molar refractivity (Wildman–Crippen MR) is 91.8 cm³/mol. The first kappa shape index (κ1) is 13.6. The van der Waals surface area contributed by atoms with Crippen LogP contribution in [0.15, 0.2) is 30.5 Å². The van der Waals surface area contributed by atoms with Crippen molar-refractivity contribution in [1.29, 1.82) is 0 Å². The quantitative estimate of drug-likeness (QED) is 0.883. The van der Waals surface area contributed by atoms with Gasteiger partial charge in [0.2, 0.25) is 0 Å². The lowest BCUT2D eigenvalue weighted by Gasteiger charge is -2.29. The van der Waals surface area contributed by atoms with E-state index in [0.29, 0.717) is 11.0 Å². The van der Waals surface area contributed by atoms with Gasteiger partial charge in [-0.05, 0) is 18.2 Å². The van der Waals surface area contributed by atoms with Crippen LogP contribution in [0.4, 0.5) is 5.69 Å². The van der Waals surface area contributed by atoms with E-state index in [1.165, 1.54) is 12.2 Å². The zero-order chi connectivity index (χ0) is 14.1. The summed E-state index contributed by atoms with van der Waals surface area (Å²) in [7, 11) is 2.14. The molecule has 1 aromatic heterocycles. The summed E-state index contributed by atoms with van der Waals surface area (Å²) in [6.07, 6.45) is 3.01. The van der Waals surface area contributed by atoms with Crippen molar-refractivity contribution in [2.24, 2.45) is 5.73 Å². The highest BCUT2D eigenvalue weighted by atomic mass is 32.2. The summed E-state index contributed by atoms with van der Waals surface area (Å²) in [5.74, 6) is 2.38. The third-order valence-electron chi connectivity index (χ3n) is 3.82. The Morgan fingerprint density at radius 3 is 2.95 bits per heavy atom. The largest absolute Gasteiger partial charge is 0.389 e. The Morgan fingerprint density at radius 1 is 1.45 bits per heavy atom. The number of nitrogens with zero attached hydrogens (tertiary/aromatic N) is 2. The molecular formula is C15H17N3S2. The first-order chi connectivity index (χ1) is 9.68. The standard InChI is InChI=1S/C15H17N3S2/c1-18(10-6-7-20-9-10)14-11-4-2-3-5-13(11)17-8-12(14)15(16)19/h2-5,8,10H,6-7,9H2,1H3,(H2,16,19). The fraction of sp³-hybridized carbons (Fsp3) is 0.333. The van der Waals surface area contributed by atoms with E-state index < -0.39 is 0 Å². The number of pyridine rings is 1. The number of anilines is 1. The lowest BCUT2D eigenvalue weighted by molar-refractivity contribution is 0.701. The minimum absolute atomic E-state index is 0.413. The molecule has 20 heavy (non-hydrogen) atoms. The number of thioether (sulfide) groups is 1. The number of hydrogen-bond acceptors (Lipinski definition) is 4. The molecule has 2 heterocycles. The Kier molecular flexibility index (Phi) is 3.81. The third-order valence-corrected chi connectivity index (χ3v) is 5.18. The number of benzene rings is 1. The van der Waals surface area contributed by atoms with Crippen molar-refractivity contribution >= 4 is 45.6 Å². The molecule has 1 aliphatic heterocycles. The SMILES string of the molecule is CN(c1c(C(N)=S)cnc2ccccc12)C1CCSC1. The number of aromatic nitrogens is 1. The first-order valence-corrected chi connectivity index (χ1v) is 8.23. The highest BCUT2D eigenvalue weighted by Crippen LogP contribution is 2.33. The zero-order valence-corrected chi connectivity index (χ0v) is 13.0. The van der Waals surface area contributed by atoms with E-state index in [2.05, 4.69) is 23.0 Å². The van der Waals surface area contributed by atoms with Gasteiger partial charge in [-0.15, -0.1) is 0 Å². The van der Waals surface area contributed by atoms with E-state index >= 15 is 0 Å². The fourth-order valence-corrected chi connectivity index (χ4v) is 4.11. The van der Waals surface area contributed by atoms with Crippen LogP contribution in [0.25, 0.3) is 10.9 Å². The van der Waals surface area contributed by atoms with Crippen LogP contribution in [0, 0.1) is 0 Å². The maximum atomic E-state index is 5.90. The van der Waals surface area contributed by atoms with Gasteiger partial charge in [0.25, 0.3) is 0 Å². The van der Waals surface area contributed by atoms with Crippen LogP contribution < -0.4 is 10.6 Å². The molecule has 1 saturated heterocycles. The molecule has 1 fully saturated rings. The molecule has 2 N–H and O–H groups in total. The van der Waals surface area contributed by atoms with Gasteiger partial charge in [-0.2, -0.15) is 11.8 Å². The molecule has 0 aliphatic carbocycles. The molecule has 5 heteroatoms. The molecule has 3 nitrogen and oxygen atoms in total. The van der Waals surface area contributed by atoms with Gasteiger partial charge in [-0.3, -0.25) is 4.98 Å². The van der Waals surface area contributed by atoms with E-state index in [-0.39, 0.29) is 0 Å². The normalized spacial score (nSPS) is 18.4. The van der Waals surface area contributed by atoms with Crippen molar-refractivity contribution in [1.82, 2.24) is 4.98 Å². The van der Waals surface area contributed by atoms with Crippen molar-refractivity contribution in [3.63, 3.8) is 0 Å². The Hall–Kier alpha value is -1.33. The minimum atomic E-state index is 0.413. The average Bonchev–Trinajstić information content (AvgIpc) is 2.99. The maximum Gasteiger partial charge on any atom is 0.107 e. The van der Waals surface area contributed by atoms with Crippen LogP contribution >= 0.6 is 24.0 Å². The summed E-state index contributed by atoms with van der Waals surface area (Å²) in [4.78, 5) is 7.22. The van der Waals surface area contributed by atoms with Gasteiger partial charge in [0.15, 0.2) is 0 Å². The fourth-order valence-electron chi connectivity index (χ4n) is 2.70. The second-order valence-electron chi connectivity index (χ2n) is 5.03. The molecule has 3 rings (SSSR count). The van der Waals surface area contributed by atoms with E-state index in [9.17, 15) is 0 Å². The van der Waals surface area contributed by atoms with Gasteiger partial charge in [-0.1, -0.05) is 30.4 Å². The van der Waals surface area contributed by atoms with Gasteiger partial charge in [-0.25, -0.2) is 0 Å². The highest BCUT2D eigenvalue weighted by Gasteiger charge is 2.24. The number of thiocarbonyl (C=S) groups is 1. The molecule has 1 aliphatic rings. The van der Waals surface area contributed by atoms with Crippen molar-refractivity contribution in [3.05, 3.63) is 36.0 Å². The number of nitrogens with two attached hydrogens (primary N) is 1. The summed E-state index contributed by atoms with van der Waals surface area (Å²) >= 11 is 7.22. The molecule has 0 bridgehead atoms.